The van der Waals surface area contributed by atoms with Gasteiger partial charge < -0.3 is 4.74 Å². The maximum absolute atomic E-state index is 11.2. The van der Waals surface area contributed by atoms with Gasteiger partial charge in [0.25, 0.3) is 0 Å². The number of ether oxygens (including phenoxy) is 1. The Morgan fingerprint density at radius 3 is 2.56 bits per heavy atom. The van der Waals surface area contributed by atoms with Gasteiger partial charge in [0.15, 0.2) is 0 Å². The summed E-state index contributed by atoms with van der Waals surface area (Å²) in [5.74, 6) is 0.281. The summed E-state index contributed by atoms with van der Waals surface area (Å²) in [6.45, 7) is 4.42. The highest BCUT2D eigenvalue weighted by molar-refractivity contribution is 9.10. The molecule has 0 unspecified atom stereocenters. The molecule has 0 bridgehead atoms. The van der Waals surface area contributed by atoms with E-state index in [0.29, 0.717) is 18.9 Å². The number of hydrogen-bond acceptors (Lipinski definition) is 2. The molecule has 88 valence electrons. The first-order valence-corrected chi connectivity index (χ1v) is 6.34. The van der Waals surface area contributed by atoms with E-state index < -0.39 is 0 Å². The fourth-order valence-electron chi connectivity index (χ4n) is 1.53. The summed E-state index contributed by atoms with van der Waals surface area (Å²) in [7, 11) is 0. The van der Waals surface area contributed by atoms with E-state index in [1.165, 1.54) is 5.56 Å². The third-order valence-corrected chi connectivity index (χ3v) is 3.05. The molecule has 16 heavy (non-hydrogen) atoms. The van der Waals surface area contributed by atoms with E-state index >= 15 is 0 Å². The van der Waals surface area contributed by atoms with Gasteiger partial charge in [0.05, 0.1) is 6.61 Å². The molecule has 0 aromatic heterocycles. The molecule has 0 radical (unpaired) electrons. The molecule has 0 aliphatic heterocycles. The normalized spacial score (nSPS) is 12.2. The summed E-state index contributed by atoms with van der Waals surface area (Å²) in [6.07, 6.45) is 1.32. The van der Waals surface area contributed by atoms with Crippen molar-refractivity contribution >= 4 is 21.9 Å². The van der Waals surface area contributed by atoms with Crippen LogP contribution in [0.2, 0.25) is 0 Å². The first-order valence-electron chi connectivity index (χ1n) is 5.54. The maximum Gasteiger partial charge on any atom is 0.305 e. The first kappa shape index (κ1) is 13.2. The zero-order valence-corrected chi connectivity index (χ0v) is 11.3. The van der Waals surface area contributed by atoms with Crippen LogP contribution in [0.1, 0.15) is 38.2 Å². The quantitative estimate of drug-likeness (QED) is 0.767. The van der Waals surface area contributed by atoms with E-state index in [-0.39, 0.29) is 5.97 Å². The van der Waals surface area contributed by atoms with Crippen LogP contribution in [0.5, 0.6) is 0 Å². The van der Waals surface area contributed by atoms with Crippen LogP contribution in [0.15, 0.2) is 28.7 Å². The van der Waals surface area contributed by atoms with Gasteiger partial charge >= 0.3 is 5.97 Å². The van der Waals surface area contributed by atoms with Crippen LogP contribution in [0, 0.1) is 0 Å². The molecule has 3 heteroatoms. The number of benzene rings is 1. The van der Waals surface area contributed by atoms with Crippen LogP contribution in [0.3, 0.4) is 0 Å². The lowest BCUT2D eigenvalue weighted by atomic mass is 9.96. The monoisotopic (exact) mass is 284 g/mol. The highest BCUT2D eigenvalue weighted by Crippen LogP contribution is 2.22. The molecule has 1 atom stereocenters. The molecule has 0 saturated carbocycles. The van der Waals surface area contributed by atoms with Gasteiger partial charge in [-0.05, 0) is 37.0 Å². The minimum absolute atomic E-state index is 0.105. The second-order valence-electron chi connectivity index (χ2n) is 3.80. The predicted molar refractivity (Wildman–Crippen MR) is 68.4 cm³/mol. The lowest BCUT2D eigenvalue weighted by molar-refractivity contribution is -0.143. The lowest BCUT2D eigenvalue weighted by Crippen LogP contribution is -2.05. The van der Waals surface area contributed by atoms with Gasteiger partial charge in [0, 0.05) is 10.9 Å². The van der Waals surface area contributed by atoms with Crippen molar-refractivity contribution in [3.05, 3.63) is 34.3 Å². The topological polar surface area (TPSA) is 26.3 Å². The van der Waals surface area contributed by atoms with Crippen molar-refractivity contribution < 1.29 is 9.53 Å². The van der Waals surface area contributed by atoms with Crippen LogP contribution in [-0.2, 0) is 9.53 Å². The van der Waals surface area contributed by atoms with E-state index in [9.17, 15) is 4.79 Å². The van der Waals surface area contributed by atoms with Gasteiger partial charge in [0.2, 0.25) is 0 Å². The van der Waals surface area contributed by atoms with E-state index in [0.717, 1.165) is 10.9 Å². The van der Waals surface area contributed by atoms with Crippen LogP contribution in [-0.4, -0.2) is 12.6 Å². The van der Waals surface area contributed by atoms with E-state index in [1.54, 1.807) is 0 Å². The van der Waals surface area contributed by atoms with Gasteiger partial charge in [-0.25, -0.2) is 0 Å². The van der Waals surface area contributed by atoms with Crippen LogP contribution in [0.25, 0.3) is 0 Å². The second-order valence-corrected chi connectivity index (χ2v) is 4.71. The molecule has 0 saturated heterocycles. The number of esters is 1. The van der Waals surface area contributed by atoms with Crippen LogP contribution < -0.4 is 0 Å². The summed E-state index contributed by atoms with van der Waals surface area (Å²) in [4.78, 5) is 11.2. The molecule has 0 fully saturated rings. The summed E-state index contributed by atoms with van der Waals surface area (Å²) >= 11 is 3.40. The average Bonchev–Trinajstić information content (AvgIpc) is 2.27. The highest BCUT2D eigenvalue weighted by atomic mass is 79.9. The Bertz CT molecular complexity index is 332. The molecule has 0 heterocycles. The molecular weight excluding hydrogens is 268 g/mol. The maximum atomic E-state index is 11.2. The third kappa shape index (κ3) is 4.35. The molecule has 0 aliphatic rings. The lowest BCUT2D eigenvalue weighted by Gasteiger charge is -2.11. The zero-order chi connectivity index (χ0) is 12.0. The Morgan fingerprint density at radius 1 is 1.38 bits per heavy atom. The number of hydrogen-bond donors (Lipinski definition) is 0. The largest absolute Gasteiger partial charge is 0.466 e. The second kappa shape index (κ2) is 6.69. The van der Waals surface area contributed by atoms with Crippen LogP contribution >= 0.6 is 15.9 Å². The summed E-state index contributed by atoms with van der Waals surface area (Å²) in [5, 5.41) is 0. The molecule has 0 aliphatic carbocycles. The smallest absolute Gasteiger partial charge is 0.305 e. The minimum Gasteiger partial charge on any atom is -0.466 e. The van der Waals surface area contributed by atoms with E-state index in [2.05, 4.69) is 35.0 Å². The molecular formula is C13H17BrO2. The average molecular weight is 285 g/mol. The van der Waals surface area contributed by atoms with Crippen LogP contribution in [0.4, 0.5) is 0 Å². The van der Waals surface area contributed by atoms with Gasteiger partial charge in [-0.2, -0.15) is 0 Å². The van der Waals surface area contributed by atoms with Crippen molar-refractivity contribution in [3.8, 4) is 0 Å². The van der Waals surface area contributed by atoms with Gasteiger partial charge in [-0.15, -0.1) is 0 Å². The van der Waals surface area contributed by atoms with Gasteiger partial charge in [0.1, 0.15) is 0 Å². The highest BCUT2D eigenvalue weighted by Gasteiger charge is 2.09. The summed E-state index contributed by atoms with van der Waals surface area (Å²) < 4.78 is 5.98. The van der Waals surface area contributed by atoms with Crippen molar-refractivity contribution in [1.82, 2.24) is 0 Å². The molecule has 2 nitrogen and oxygen atoms in total. The Kier molecular flexibility index (Phi) is 5.53. The SMILES string of the molecule is CCOC(=O)CC[C@H](C)c1ccc(Br)cc1. The van der Waals surface area contributed by atoms with Crippen molar-refractivity contribution in [1.29, 1.82) is 0 Å². The Morgan fingerprint density at radius 2 is 2.00 bits per heavy atom. The van der Waals surface area contributed by atoms with E-state index in [1.807, 2.05) is 19.1 Å². The first-order chi connectivity index (χ1) is 7.63. The fourth-order valence-corrected chi connectivity index (χ4v) is 1.79. The van der Waals surface area contributed by atoms with E-state index in [4.69, 9.17) is 4.74 Å². The molecule has 1 rings (SSSR count). The summed E-state index contributed by atoms with van der Waals surface area (Å²) in [6, 6.07) is 8.21. The molecule has 1 aromatic carbocycles. The molecule has 0 amide bonds. The summed E-state index contributed by atoms with van der Waals surface area (Å²) in [5.41, 5.74) is 1.26. The molecule has 0 N–H and O–H groups in total. The minimum atomic E-state index is -0.105. The zero-order valence-electron chi connectivity index (χ0n) is 9.70. The standard InChI is InChI=1S/C13H17BrO2/c1-3-16-13(15)9-4-10(2)11-5-7-12(14)8-6-11/h5-8,10H,3-4,9H2,1-2H3/t10-/m0/s1. The van der Waals surface area contributed by atoms with Gasteiger partial charge in [-0.3, -0.25) is 4.79 Å². The van der Waals surface area contributed by atoms with Crippen molar-refractivity contribution in [2.45, 2.75) is 32.6 Å². The number of halogens is 1. The number of rotatable bonds is 5. The Balaban J connectivity index is 2.43. The predicted octanol–water partition coefficient (Wildman–Crippen LogP) is 3.90. The fraction of sp³-hybridized carbons (Fsp3) is 0.462. The Labute approximate surface area is 105 Å². The van der Waals surface area contributed by atoms with Crippen molar-refractivity contribution in [2.75, 3.05) is 6.61 Å². The van der Waals surface area contributed by atoms with Crippen molar-refractivity contribution in [2.24, 2.45) is 0 Å². The van der Waals surface area contributed by atoms with Gasteiger partial charge in [-0.1, -0.05) is 35.0 Å². The number of carbonyl (C=O) groups excluding carboxylic acids is 1. The van der Waals surface area contributed by atoms with Crippen molar-refractivity contribution in [3.63, 3.8) is 0 Å². The third-order valence-electron chi connectivity index (χ3n) is 2.53. The molecule has 1 aromatic rings. The Hall–Kier alpha value is -0.830. The number of carbonyl (C=O) groups is 1. The molecule has 0 spiro atoms.